The molecule has 7 heteroatoms. The van der Waals surface area contributed by atoms with Crippen molar-refractivity contribution in [3.63, 3.8) is 0 Å². The van der Waals surface area contributed by atoms with E-state index in [2.05, 4.69) is 10.2 Å². The van der Waals surface area contributed by atoms with Crippen molar-refractivity contribution >= 4 is 29.7 Å². The van der Waals surface area contributed by atoms with Gasteiger partial charge in [0, 0.05) is 31.9 Å². The number of urea groups is 1. The number of benzene rings is 1. The fraction of sp³-hybridized carbons (Fsp3) is 0.421. The SMILES string of the molecule is CNC(=O)NC(=O)COC(=O)/C=C/c1ccc(N2CCCCCC2)cc1. The first kappa shape index (κ1) is 19.5. The number of amides is 3. The minimum absolute atomic E-state index is 0.509. The molecular formula is C19H25N3O4. The van der Waals surface area contributed by atoms with E-state index < -0.39 is 24.5 Å². The third kappa shape index (κ3) is 6.58. The molecule has 1 aliphatic heterocycles. The van der Waals surface area contributed by atoms with Gasteiger partial charge in [-0.05, 0) is 36.6 Å². The van der Waals surface area contributed by atoms with Crippen LogP contribution in [0.2, 0.25) is 0 Å². The molecule has 1 saturated heterocycles. The summed E-state index contributed by atoms with van der Waals surface area (Å²) in [7, 11) is 1.38. The predicted octanol–water partition coefficient (Wildman–Crippen LogP) is 2.08. The van der Waals surface area contributed by atoms with Gasteiger partial charge in [0.1, 0.15) is 0 Å². The lowest BCUT2D eigenvalue weighted by atomic mass is 10.1. The molecule has 0 saturated carbocycles. The van der Waals surface area contributed by atoms with E-state index in [1.165, 1.54) is 44.5 Å². The molecule has 0 bridgehead atoms. The zero-order valence-corrected chi connectivity index (χ0v) is 15.0. The van der Waals surface area contributed by atoms with Gasteiger partial charge in [0.15, 0.2) is 6.61 Å². The Balaban J connectivity index is 1.81. The molecule has 2 rings (SSSR count). The van der Waals surface area contributed by atoms with Crippen molar-refractivity contribution in [3.8, 4) is 0 Å². The van der Waals surface area contributed by atoms with Gasteiger partial charge in [-0.1, -0.05) is 25.0 Å². The topological polar surface area (TPSA) is 87.7 Å². The van der Waals surface area contributed by atoms with Crippen molar-refractivity contribution in [2.75, 3.05) is 31.6 Å². The Kier molecular flexibility index (Phi) is 7.67. The fourth-order valence-electron chi connectivity index (χ4n) is 2.70. The summed E-state index contributed by atoms with van der Waals surface area (Å²) in [6.45, 7) is 1.66. The molecule has 3 amide bonds. The van der Waals surface area contributed by atoms with Gasteiger partial charge < -0.3 is 15.0 Å². The Morgan fingerprint density at radius 3 is 2.35 bits per heavy atom. The number of imide groups is 1. The van der Waals surface area contributed by atoms with Crippen LogP contribution in [0.3, 0.4) is 0 Å². The zero-order valence-electron chi connectivity index (χ0n) is 15.0. The summed E-state index contributed by atoms with van der Waals surface area (Å²) in [6, 6.07) is 7.34. The van der Waals surface area contributed by atoms with Crippen LogP contribution in [0.5, 0.6) is 0 Å². The molecule has 0 atom stereocenters. The molecule has 1 fully saturated rings. The van der Waals surface area contributed by atoms with Gasteiger partial charge in [-0.2, -0.15) is 0 Å². The Hall–Kier alpha value is -2.83. The quantitative estimate of drug-likeness (QED) is 0.621. The number of nitrogens with zero attached hydrogens (tertiary/aromatic N) is 1. The molecule has 0 aliphatic carbocycles. The first-order valence-electron chi connectivity index (χ1n) is 8.80. The molecular weight excluding hydrogens is 334 g/mol. The molecule has 1 aromatic rings. The lowest BCUT2D eigenvalue weighted by molar-refractivity contribution is -0.143. The summed E-state index contributed by atoms with van der Waals surface area (Å²) in [4.78, 5) is 36.3. The zero-order chi connectivity index (χ0) is 18.8. The normalized spacial score (nSPS) is 14.6. The Bertz CT molecular complexity index is 647. The predicted molar refractivity (Wildman–Crippen MR) is 99.7 cm³/mol. The van der Waals surface area contributed by atoms with Crippen LogP contribution in [0.1, 0.15) is 31.2 Å². The molecule has 7 nitrogen and oxygen atoms in total. The number of rotatable bonds is 5. The largest absolute Gasteiger partial charge is 0.452 e. The second-order valence-electron chi connectivity index (χ2n) is 6.06. The maximum absolute atomic E-state index is 11.6. The van der Waals surface area contributed by atoms with Crippen LogP contribution in [0, 0.1) is 0 Å². The minimum Gasteiger partial charge on any atom is -0.452 e. The monoisotopic (exact) mass is 359 g/mol. The van der Waals surface area contributed by atoms with Gasteiger partial charge in [0.05, 0.1) is 0 Å². The summed E-state index contributed by atoms with van der Waals surface area (Å²) in [5, 5.41) is 4.24. The molecule has 1 aromatic carbocycles. The molecule has 0 aromatic heterocycles. The second kappa shape index (κ2) is 10.2. The van der Waals surface area contributed by atoms with E-state index in [9.17, 15) is 14.4 Å². The number of hydrogen-bond acceptors (Lipinski definition) is 5. The van der Waals surface area contributed by atoms with Gasteiger partial charge >= 0.3 is 12.0 Å². The maximum Gasteiger partial charge on any atom is 0.331 e. The average Bonchev–Trinajstić information content (AvgIpc) is 2.94. The van der Waals surface area contributed by atoms with Crippen LogP contribution in [0.4, 0.5) is 10.5 Å². The number of hydrogen-bond donors (Lipinski definition) is 2. The standard InChI is InChI=1S/C19H25N3O4/c1-20-19(25)21-17(23)14-26-18(24)11-8-15-6-9-16(10-7-15)22-12-4-2-3-5-13-22/h6-11H,2-5,12-14H2,1H3,(H2,20,21,23,25)/b11-8+. The first-order chi connectivity index (χ1) is 12.6. The van der Waals surface area contributed by atoms with Crippen molar-refractivity contribution in [3.05, 3.63) is 35.9 Å². The highest BCUT2D eigenvalue weighted by Gasteiger charge is 2.10. The van der Waals surface area contributed by atoms with Crippen molar-refractivity contribution in [2.45, 2.75) is 25.7 Å². The van der Waals surface area contributed by atoms with Crippen LogP contribution in [0.15, 0.2) is 30.3 Å². The molecule has 140 valence electrons. The highest BCUT2D eigenvalue weighted by Crippen LogP contribution is 2.20. The minimum atomic E-state index is -0.687. The lowest BCUT2D eigenvalue weighted by Crippen LogP contribution is -2.39. The molecule has 2 N–H and O–H groups in total. The first-order valence-corrected chi connectivity index (χ1v) is 8.80. The van der Waals surface area contributed by atoms with Crippen LogP contribution in [0.25, 0.3) is 6.08 Å². The van der Waals surface area contributed by atoms with E-state index in [1.54, 1.807) is 6.08 Å². The second-order valence-corrected chi connectivity index (χ2v) is 6.06. The van der Waals surface area contributed by atoms with E-state index >= 15 is 0 Å². The van der Waals surface area contributed by atoms with Crippen LogP contribution >= 0.6 is 0 Å². The highest BCUT2D eigenvalue weighted by atomic mass is 16.5. The summed E-state index contributed by atoms with van der Waals surface area (Å²) < 4.78 is 4.78. The average molecular weight is 359 g/mol. The van der Waals surface area contributed by atoms with Gasteiger partial charge in [-0.3, -0.25) is 10.1 Å². The smallest absolute Gasteiger partial charge is 0.331 e. The number of carbonyl (C=O) groups is 3. The number of nitrogens with one attached hydrogen (secondary N) is 2. The Morgan fingerprint density at radius 2 is 1.73 bits per heavy atom. The molecule has 26 heavy (non-hydrogen) atoms. The molecule has 0 spiro atoms. The molecule has 0 radical (unpaired) electrons. The van der Waals surface area contributed by atoms with Gasteiger partial charge in [-0.15, -0.1) is 0 Å². The van der Waals surface area contributed by atoms with Gasteiger partial charge in [0.25, 0.3) is 5.91 Å². The lowest BCUT2D eigenvalue weighted by Gasteiger charge is -2.22. The fourth-order valence-corrected chi connectivity index (χ4v) is 2.70. The summed E-state index contributed by atoms with van der Waals surface area (Å²) in [5.41, 5.74) is 2.06. The maximum atomic E-state index is 11.6. The number of anilines is 1. The number of esters is 1. The Labute approximate surface area is 153 Å². The van der Waals surface area contributed by atoms with Crippen molar-refractivity contribution in [1.29, 1.82) is 0 Å². The third-order valence-corrected chi connectivity index (χ3v) is 4.10. The summed E-state index contributed by atoms with van der Waals surface area (Å²) >= 11 is 0. The van der Waals surface area contributed by atoms with Crippen LogP contribution in [-0.4, -0.2) is 44.7 Å². The highest BCUT2D eigenvalue weighted by molar-refractivity contribution is 5.96. The van der Waals surface area contributed by atoms with Crippen LogP contribution in [-0.2, 0) is 14.3 Å². The van der Waals surface area contributed by atoms with Gasteiger partial charge in [0.2, 0.25) is 0 Å². The third-order valence-electron chi connectivity index (χ3n) is 4.10. The van der Waals surface area contributed by atoms with E-state index in [0.717, 1.165) is 18.7 Å². The van der Waals surface area contributed by atoms with E-state index in [0.29, 0.717) is 0 Å². The van der Waals surface area contributed by atoms with Crippen molar-refractivity contribution in [2.24, 2.45) is 0 Å². The molecule has 1 aliphatic rings. The van der Waals surface area contributed by atoms with Crippen molar-refractivity contribution in [1.82, 2.24) is 10.6 Å². The van der Waals surface area contributed by atoms with E-state index in [-0.39, 0.29) is 0 Å². The van der Waals surface area contributed by atoms with Gasteiger partial charge in [-0.25, -0.2) is 9.59 Å². The Morgan fingerprint density at radius 1 is 1.08 bits per heavy atom. The van der Waals surface area contributed by atoms with Crippen LogP contribution < -0.4 is 15.5 Å². The number of ether oxygens (including phenoxy) is 1. The summed E-state index contributed by atoms with van der Waals surface area (Å²) in [6.07, 6.45) is 7.92. The van der Waals surface area contributed by atoms with E-state index in [4.69, 9.17) is 4.74 Å². The van der Waals surface area contributed by atoms with E-state index in [1.807, 2.05) is 29.6 Å². The molecule has 0 unspecified atom stereocenters. The summed E-state index contributed by atoms with van der Waals surface area (Å²) in [5.74, 6) is -1.33. The van der Waals surface area contributed by atoms with Crippen molar-refractivity contribution < 1.29 is 19.1 Å². The molecule has 1 heterocycles. The number of carbonyl (C=O) groups excluding carboxylic acids is 3.